The molecule has 2 rings (SSSR count). The number of amides is 1. The van der Waals surface area contributed by atoms with Gasteiger partial charge < -0.3 is 5.32 Å². The Morgan fingerprint density at radius 2 is 2.00 bits per heavy atom. The minimum absolute atomic E-state index is 0.137. The van der Waals surface area contributed by atoms with Crippen LogP contribution in [0.4, 0.5) is 17.3 Å². The van der Waals surface area contributed by atoms with Crippen molar-refractivity contribution in [3.05, 3.63) is 52.3 Å². The first-order valence-electron chi connectivity index (χ1n) is 5.66. The number of nitro groups is 1. The summed E-state index contributed by atoms with van der Waals surface area (Å²) in [4.78, 5) is 30.0. The van der Waals surface area contributed by atoms with Crippen molar-refractivity contribution in [2.45, 2.75) is 0 Å². The summed E-state index contributed by atoms with van der Waals surface area (Å²) in [6.45, 7) is 0. The fourth-order valence-electron chi connectivity index (χ4n) is 1.57. The lowest BCUT2D eigenvalue weighted by molar-refractivity contribution is -0.384. The molecule has 20 heavy (non-hydrogen) atoms. The molecule has 2 N–H and O–H groups in total. The molecule has 0 aliphatic carbocycles. The molecule has 0 fully saturated rings. The summed E-state index contributed by atoms with van der Waals surface area (Å²) in [6, 6.07) is 5.77. The highest BCUT2D eigenvalue weighted by Crippen LogP contribution is 2.25. The third kappa shape index (κ3) is 2.86. The number of aromatic nitrogens is 2. The molecular weight excluding hydrogens is 262 g/mol. The molecule has 0 unspecified atom stereocenters. The zero-order valence-corrected chi connectivity index (χ0v) is 10.5. The molecule has 0 saturated carbocycles. The number of benzene rings is 1. The number of rotatable bonds is 4. The van der Waals surface area contributed by atoms with Gasteiger partial charge in [0.2, 0.25) is 5.95 Å². The number of nitro benzene ring substituents is 1. The molecule has 1 amide bonds. The van der Waals surface area contributed by atoms with Gasteiger partial charge in [-0.15, -0.1) is 0 Å². The van der Waals surface area contributed by atoms with Crippen molar-refractivity contribution in [3.8, 4) is 0 Å². The molecule has 0 aliphatic heterocycles. The van der Waals surface area contributed by atoms with E-state index < -0.39 is 10.8 Å². The maximum absolute atomic E-state index is 12.0. The molecule has 2 aromatic rings. The van der Waals surface area contributed by atoms with Gasteiger partial charge >= 0.3 is 0 Å². The average molecular weight is 273 g/mol. The highest BCUT2D eigenvalue weighted by molar-refractivity contribution is 6.04. The van der Waals surface area contributed by atoms with E-state index in [1.807, 2.05) is 0 Å². The normalized spacial score (nSPS) is 9.85. The number of nitrogens with zero attached hydrogens (tertiary/aromatic N) is 3. The largest absolute Gasteiger partial charge is 0.383 e. The first kappa shape index (κ1) is 13.4. The summed E-state index contributed by atoms with van der Waals surface area (Å²) in [7, 11) is 1.57. The number of carbonyl (C=O) groups excluding carboxylic acids is 1. The summed E-state index contributed by atoms with van der Waals surface area (Å²) in [6.07, 6.45) is 2.96. The van der Waals surface area contributed by atoms with E-state index in [9.17, 15) is 14.9 Å². The summed E-state index contributed by atoms with van der Waals surface area (Å²) < 4.78 is 0. The van der Waals surface area contributed by atoms with Crippen LogP contribution < -0.4 is 10.6 Å². The van der Waals surface area contributed by atoms with E-state index in [0.717, 1.165) is 0 Å². The van der Waals surface area contributed by atoms with E-state index >= 15 is 0 Å². The Balaban J connectivity index is 2.27. The first-order valence-corrected chi connectivity index (χ1v) is 5.66. The quantitative estimate of drug-likeness (QED) is 0.647. The third-order valence-corrected chi connectivity index (χ3v) is 2.52. The van der Waals surface area contributed by atoms with Gasteiger partial charge in [-0.05, 0) is 18.2 Å². The van der Waals surface area contributed by atoms with Crippen LogP contribution in [0.2, 0.25) is 0 Å². The average Bonchev–Trinajstić information content (AvgIpc) is 2.47. The molecule has 0 spiro atoms. The van der Waals surface area contributed by atoms with Gasteiger partial charge in [-0.25, -0.2) is 9.97 Å². The lowest BCUT2D eigenvalue weighted by atomic mass is 10.1. The van der Waals surface area contributed by atoms with E-state index in [1.54, 1.807) is 13.1 Å². The summed E-state index contributed by atoms with van der Waals surface area (Å²) in [5.41, 5.74) is 0.319. The second-order valence-corrected chi connectivity index (χ2v) is 3.77. The summed E-state index contributed by atoms with van der Waals surface area (Å²) in [5.74, 6) is -0.375. The molecule has 1 aromatic heterocycles. The smallest absolute Gasteiger partial charge is 0.293 e. The van der Waals surface area contributed by atoms with Crippen molar-refractivity contribution in [2.24, 2.45) is 0 Å². The van der Waals surface area contributed by atoms with Crippen LogP contribution in [0.5, 0.6) is 0 Å². The highest BCUT2D eigenvalue weighted by atomic mass is 16.6. The van der Waals surface area contributed by atoms with Gasteiger partial charge in [0.1, 0.15) is 5.69 Å². The summed E-state index contributed by atoms with van der Waals surface area (Å²) in [5, 5.41) is 16.1. The Morgan fingerprint density at radius 3 is 2.60 bits per heavy atom. The van der Waals surface area contributed by atoms with E-state index in [0.29, 0.717) is 5.69 Å². The van der Waals surface area contributed by atoms with E-state index in [2.05, 4.69) is 20.6 Å². The van der Waals surface area contributed by atoms with Crippen molar-refractivity contribution in [2.75, 3.05) is 17.7 Å². The SMILES string of the molecule is CNc1ccc(C(=O)Nc2ncccn2)cc1[N+](=O)[O-]. The molecule has 8 nitrogen and oxygen atoms in total. The van der Waals surface area contributed by atoms with Crippen molar-refractivity contribution >= 4 is 23.2 Å². The Labute approximate surface area is 114 Å². The van der Waals surface area contributed by atoms with E-state index in [1.165, 1.54) is 30.6 Å². The minimum Gasteiger partial charge on any atom is -0.383 e. The van der Waals surface area contributed by atoms with E-state index in [-0.39, 0.29) is 17.2 Å². The van der Waals surface area contributed by atoms with Crippen LogP contribution in [0.1, 0.15) is 10.4 Å². The number of hydrogen-bond acceptors (Lipinski definition) is 6. The van der Waals surface area contributed by atoms with Gasteiger partial charge in [-0.1, -0.05) is 0 Å². The molecule has 0 bridgehead atoms. The molecule has 0 radical (unpaired) electrons. The molecule has 102 valence electrons. The van der Waals surface area contributed by atoms with Gasteiger partial charge in [0.25, 0.3) is 11.6 Å². The molecule has 0 atom stereocenters. The lowest BCUT2D eigenvalue weighted by Crippen LogP contribution is -2.14. The topological polar surface area (TPSA) is 110 Å². The Kier molecular flexibility index (Phi) is 3.85. The molecule has 0 saturated heterocycles. The standard InChI is InChI=1S/C12H11N5O3/c1-13-9-4-3-8(7-10(9)17(19)20)11(18)16-12-14-5-2-6-15-12/h2-7,13H,1H3,(H,14,15,16,18). The fraction of sp³-hybridized carbons (Fsp3) is 0.0833. The number of nitrogens with one attached hydrogen (secondary N) is 2. The van der Waals surface area contributed by atoms with Crippen molar-refractivity contribution in [1.29, 1.82) is 0 Å². The Hall–Kier alpha value is -3.03. The van der Waals surface area contributed by atoms with E-state index in [4.69, 9.17) is 0 Å². The van der Waals surface area contributed by atoms with Crippen molar-refractivity contribution < 1.29 is 9.72 Å². The zero-order valence-electron chi connectivity index (χ0n) is 10.5. The van der Waals surface area contributed by atoms with Crippen LogP contribution in [-0.4, -0.2) is 27.8 Å². The van der Waals surface area contributed by atoms with Gasteiger partial charge in [-0.3, -0.25) is 20.2 Å². The lowest BCUT2D eigenvalue weighted by Gasteiger charge is -2.05. The number of anilines is 2. The summed E-state index contributed by atoms with van der Waals surface area (Å²) >= 11 is 0. The second-order valence-electron chi connectivity index (χ2n) is 3.77. The fourth-order valence-corrected chi connectivity index (χ4v) is 1.57. The van der Waals surface area contributed by atoms with Crippen molar-refractivity contribution in [1.82, 2.24) is 9.97 Å². The predicted octanol–water partition coefficient (Wildman–Crippen LogP) is 1.68. The minimum atomic E-state index is -0.554. The van der Waals surface area contributed by atoms with Crippen LogP contribution in [0.25, 0.3) is 0 Å². The number of carbonyl (C=O) groups is 1. The second kappa shape index (κ2) is 5.74. The van der Waals surface area contributed by atoms with Gasteiger partial charge in [-0.2, -0.15) is 0 Å². The maximum atomic E-state index is 12.0. The predicted molar refractivity (Wildman–Crippen MR) is 72.6 cm³/mol. The zero-order chi connectivity index (χ0) is 14.5. The monoisotopic (exact) mass is 273 g/mol. The van der Waals surface area contributed by atoms with Gasteiger partial charge in [0, 0.05) is 31.1 Å². The first-order chi connectivity index (χ1) is 9.61. The van der Waals surface area contributed by atoms with Gasteiger partial charge in [0.15, 0.2) is 0 Å². The number of hydrogen-bond donors (Lipinski definition) is 2. The Morgan fingerprint density at radius 1 is 1.30 bits per heavy atom. The highest BCUT2D eigenvalue weighted by Gasteiger charge is 2.17. The van der Waals surface area contributed by atoms with Crippen LogP contribution >= 0.6 is 0 Å². The molecule has 8 heteroatoms. The van der Waals surface area contributed by atoms with Crippen LogP contribution in [0.3, 0.4) is 0 Å². The van der Waals surface area contributed by atoms with Crippen LogP contribution in [0, 0.1) is 10.1 Å². The molecule has 1 aromatic carbocycles. The van der Waals surface area contributed by atoms with Crippen LogP contribution in [0.15, 0.2) is 36.7 Å². The van der Waals surface area contributed by atoms with Crippen LogP contribution in [-0.2, 0) is 0 Å². The third-order valence-electron chi connectivity index (χ3n) is 2.52. The van der Waals surface area contributed by atoms with Gasteiger partial charge in [0.05, 0.1) is 4.92 Å². The molecular formula is C12H11N5O3. The maximum Gasteiger partial charge on any atom is 0.293 e. The molecule has 0 aliphatic rings. The Bertz CT molecular complexity index is 645. The van der Waals surface area contributed by atoms with Crippen molar-refractivity contribution in [3.63, 3.8) is 0 Å². The molecule has 1 heterocycles.